The molecule has 1 aliphatic rings. The van der Waals surface area contributed by atoms with Gasteiger partial charge in [0.25, 0.3) is 0 Å². The van der Waals surface area contributed by atoms with E-state index < -0.39 is 12.0 Å². The summed E-state index contributed by atoms with van der Waals surface area (Å²) in [6, 6.07) is 2.44. The number of aliphatic carboxylic acids is 1. The molecular weight excluding hydrogens is 278 g/mol. The molecule has 1 fully saturated rings. The normalized spacial score (nSPS) is 18.7. The van der Waals surface area contributed by atoms with Gasteiger partial charge in [0, 0.05) is 23.7 Å². The molecule has 0 spiro atoms. The molecule has 2 rings (SSSR count). The number of carboxylic acids is 1. The summed E-state index contributed by atoms with van der Waals surface area (Å²) in [4.78, 5) is 29.1. The fourth-order valence-electron chi connectivity index (χ4n) is 2.06. The number of rotatable bonds is 2. The van der Waals surface area contributed by atoms with Gasteiger partial charge in [-0.2, -0.15) is 11.8 Å². The number of amides is 2. The van der Waals surface area contributed by atoms with Crippen molar-refractivity contribution in [1.29, 1.82) is 0 Å². The molecule has 2 N–H and O–H groups in total. The Kier molecular flexibility index (Phi) is 4.49. The van der Waals surface area contributed by atoms with Gasteiger partial charge in [0.2, 0.25) is 0 Å². The average Bonchev–Trinajstić information content (AvgIpc) is 2.41. The van der Waals surface area contributed by atoms with Crippen LogP contribution in [0.15, 0.2) is 12.1 Å². The molecule has 0 saturated carbocycles. The SMILES string of the molecule is Cc1ccc(NC(=O)N2CCSCC2C(=O)O)c(C)n1. The molecule has 0 radical (unpaired) electrons. The Hall–Kier alpha value is -1.76. The maximum Gasteiger partial charge on any atom is 0.327 e. The first kappa shape index (κ1) is 14.6. The summed E-state index contributed by atoms with van der Waals surface area (Å²) >= 11 is 1.55. The van der Waals surface area contributed by atoms with Gasteiger partial charge in [-0.3, -0.25) is 4.98 Å². The highest BCUT2D eigenvalue weighted by Crippen LogP contribution is 2.19. The zero-order chi connectivity index (χ0) is 14.7. The second-order valence-corrected chi connectivity index (χ2v) is 5.79. The Bertz CT molecular complexity index is 536. The van der Waals surface area contributed by atoms with Crippen LogP contribution in [0.1, 0.15) is 11.4 Å². The molecule has 1 unspecified atom stereocenters. The first-order chi connectivity index (χ1) is 9.49. The molecule has 2 amide bonds. The number of aryl methyl sites for hydroxylation is 2. The predicted molar refractivity (Wildman–Crippen MR) is 78.2 cm³/mol. The van der Waals surface area contributed by atoms with Crippen LogP contribution in [0.2, 0.25) is 0 Å². The lowest BCUT2D eigenvalue weighted by Gasteiger charge is -2.32. The van der Waals surface area contributed by atoms with Gasteiger partial charge in [0.1, 0.15) is 6.04 Å². The molecule has 1 aliphatic heterocycles. The van der Waals surface area contributed by atoms with Crippen molar-refractivity contribution in [3.8, 4) is 0 Å². The first-order valence-electron chi connectivity index (χ1n) is 6.31. The van der Waals surface area contributed by atoms with Gasteiger partial charge in [-0.25, -0.2) is 9.59 Å². The zero-order valence-corrected chi connectivity index (χ0v) is 12.2. The molecular formula is C13H17N3O3S. The monoisotopic (exact) mass is 295 g/mol. The number of hydrogen-bond acceptors (Lipinski definition) is 4. The van der Waals surface area contributed by atoms with E-state index in [9.17, 15) is 9.59 Å². The van der Waals surface area contributed by atoms with Gasteiger partial charge in [0.05, 0.1) is 11.4 Å². The van der Waals surface area contributed by atoms with Gasteiger partial charge < -0.3 is 15.3 Å². The minimum atomic E-state index is -0.967. The largest absolute Gasteiger partial charge is 0.480 e. The summed E-state index contributed by atoms with van der Waals surface area (Å²) in [7, 11) is 0. The third-order valence-electron chi connectivity index (χ3n) is 3.14. The minimum Gasteiger partial charge on any atom is -0.480 e. The van der Waals surface area contributed by atoms with Crippen molar-refractivity contribution in [2.24, 2.45) is 0 Å². The number of carbonyl (C=O) groups is 2. The van der Waals surface area contributed by atoms with E-state index in [1.165, 1.54) is 4.90 Å². The first-order valence-corrected chi connectivity index (χ1v) is 7.47. The molecule has 7 heteroatoms. The highest BCUT2D eigenvalue weighted by molar-refractivity contribution is 7.99. The molecule has 1 atom stereocenters. The van der Waals surface area contributed by atoms with Crippen LogP contribution in [-0.4, -0.2) is 51.1 Å². The molecule has 20 heavy (non-hydrogen) atoms. The Morgan fingerprint density at radius 3 is 2.85 bits per heavy atom. The summed E-state index contributed by atoms with van der Waals surface area (Å²) in [5.74, 6) is 0.210. The quantitative estimate of drug-likeness (QED) is 0.868. The Balaban J connectivity index is 2.12. The molecule has 1 saturated heterocycles. The smallest absolute Gasteiger partial charge is 0.327 e. The number of anilines is 1. The second-order valence-electron chi connectivity index (χ2n) is 4.64. The number of urea groups is 1. The number of nitrogens with one attached hydrogen (secondary N) is 1. The van der Waals surface area contributed by atoms with Gasteiger partial charge in [0.15, 0.2) is 0 Å². The predicted octanol–water partition coefficient (Wildman–Crippen LogP) is 1.73. The average molecular weight is 295 g/mol. The molecule has 1 aromatic heterocycles. The van der Waals surface area contributed by atoms with E-state index >= 15 is 0 Å². The maximum atomic E-state index is 12.2. The number of nitrogens with zero attached hydrogens (tertiary/aromatic N) is 2. The summed E-state index contributed by atoms with van der Waals surface area (Å²) in [5.41, 5.74) is 2.21. The van der Waals surface area contributed by atoms with Crippen molar-refractivity contribution in [3.63, 3.8) is 0 Å². The van der Waals surface area contributed by atoms with E-state index in [4.69, 9.17) is 5.11 Å². The van der Waals surface area contributed by atoms with E-state index in [0.717, 1.165) is 17.1 Å². The van der Waals surface area contributed by atoms with Crippen LogP contribution < -0.4 is 5.32 Å². The molecule has 1 aromatic rings. The number of aromatic nitrogens is 1. The van der Waals surface area contributed by atoms with Crippen molar-refractivity contribution in [3.05, 3.63) is 23.5 Å². The number of carbonyl (C=O) groups excluding carboxylic acids is 1. The van der Waals surface area contributed by atoms with Crippen LogP contribution in [0.4, 0.5) is 10.5 Å². The third-order valence-corrected chi connectivity index (χ3v) is 4.16. The third kappa shape index (κ3) is 3.22. The summed E-state index contributed by atoms with van der Waals surface area (Å²) < 4.78 is 0. The van der Waals surface area contributed by atoms with Crippen molar-refractivity contribution < 1.29 is 14.7 Å². The van der Waals surface area contributed by atoms with Crippen molar-refractivity contribution in [1.82, 2.24) is 9.88 Å². The van der Waals surface area contributed by atoms with Crippen LogP contribution >= 0.6 is 11.8 Å². The van der Waals surface area contributed by atoms with E-state index in [2.05, 4.69) is 10.3 Å². The van der Waals surface area contributed by atoms with Crippen LogP contribution in [0.5, 0.6) is 0 Å². The van der Waals surface area contributed by atoms with E-state index in [1.54, 1.807) is 17.8 Å². The number of thioether (sulfide) groups is 1. The highest BCUT2D eigenvalue weighted by atomic mass is 32.2. The topological polar surface area (TPSA) is 82.5 Å². The number of hydrogen-bond donors (Lipinski definition) is 2. The number of pyridine rings is 1. The van der Waals surface area contributed by atoms with Crippen molar-refractivity contribution in [2.75, 3.05) is 23.4 Å². The fourth-order valence-corrected chi connectivity index (χ4v) is 3.10. The number of carboxylic acid groups (broad SMARTS) is 1. The Labute approximate surface area is 121 Å². The lowest BCUT2D eigenvalue weighted by atomic mass is 10.2. The van der Waals surface area contributed by atoms with Crippen LogP contribution in [0.3, 0.4) is 0 Å². The standard InChI is InChI=1S/C13H17N3O3S/c1-8-3-4-10(9(2)14-8)15-13(19)16-5-6-20-7-11(16)12(17)18/h3-4,11H,5-7H2,1-2H3,(H,15,19)(H,17,18). The molecule has 2 heterocycles. The second kappa shape index (κ2) is 6.13. The fraction of sp³-hybridized carbons (Fsp3) is 0.462. The van der Waals surface area contributed by atoms with E-state index in [-0.39, 0.29) is 6.03 Å². The molecule has 0 aromatic carbocycles. The van der Waals surface area contributed by atoms with Crippen molar-refractivity contribution in [2.45, 2.75) is 19.9 Å². The van der Waals surface area contributed by atoms with Gasteiger partial charge in [-0.15, -0.1) is 0 Å². The lowest BCUT2D eigenvalue weighted by Crippen LogP contribution is -2.51. The summed E-state index contributed by atoms with van der Waals surface area (Å²) in [6.07, 6.45) is 0. The highest BCUT2D eigenvalue weighted by Gasteiger charge is 2.32. The molecule has 0 bridgehead atoms. The Morgan fingerprint density at radius 2 is 2.20 bits per heavy atom. The van der Waals surface area contributed by atoms with Gasteiger partial charge in [-0.05, 0) is 26.0 Å². The van der Waals surface area contributed by atoms with E-state index in [1.807, 2.05) is 19.9 Å². The molecule has 0 aliphatic carbocycles. The summed E-state index contributed by atoms with van der Waals surface area (Å²) in [5, 5.41) is 11.9. The van der Waals surface area contributed by atoms with Crippen molar-refractivity contribution >= 4 is 29.4 Å². The summed E-state index contributed by atoms with van der Waals surface area (Å²) in [6.45, 7) is 4.12. The zero-order valence-electron chi connectivity index (χ0n) is 11.4. The maximum absolute atomic E-state index is 12.2. The van der Waals surface area contributed by atoms with Crippen LogP contribution in [0.25, 0.3) is 0 Å². The Morgan fingerprint density at radius 1 is 1.45 bits per heavy atom. The van der Waals surface area contributed by atoms with Crippen LogP contribution in [-0.2, 0) is 4.79 Å². The molecule has 108 valence electrons. The molecule has 6 nitrogen and oxygen atoms in total. The minimum absolute atomic E-state index is 0.383. The van der Waals surface area contributed by atoms with Gasteiger partial charge >= 0.3 is 12.0 Å². The van der Waals surface area contributed by atoms with Gasteiger partial charge in [-0.1, -0.05) is 0 Å². The van der Waals surface area contributed by atoms with E-state index in [0.29, 0.717) is 18.0 Å². The lowest BCUT2D eigenvalue weighted by molar-refractivity contribution is -0.141. The van der Waals surface area contributed by atoms with Crippen LogP contribution in [0, 0.1) is 13.8 Å².